The van der Waals surface area contributed by atoms with Crippen LogP contribution >= 0.6 is 27.3 Å². The zero-order valence-corrected chi connectivity index (χ0v) is 12.6. The maximum atomic E-state index is 10.6. The molecule has 100 valence electrons. The normalized spacial score (nSPS) is 10.6. The van der Waals surface area contributed by atoms with Crippen LogP contribution in [0, 0.1) is 0 Å². The second-order valence-corrected chi connectivity index (χ2v) is 6.24. The number of thiophene rings is 1. The van der Waals surface area contributed by atoms with Gasteiger partial charge in [-0.05, 0) is 23.8 Å². The van der Waals surface area contributed by atoms with E-state index in [4.69, 9.17) is 5.11 Å². The van der Waals surface area contributed by atoms with Gasteiger partial charge in [-0.3, -0.25) is 4.79 Å². The molecule has 2 rings (SSSR count). The third-order valence-electron chi connectivity index (χ3n) is 2.62. The fraction of sp³-hybridized carbons (Fsp3) is 0.214. The van der Waals surface area contributed by atoms with Gasteiger partial charge in [0.15, 0.2) is 0 Å². The molecule has 19 heavy (non-hydrogen) atoms. The average molecular weight is 340 g/mol. The van der Waals surface area contributed by atoms with Crippen molar-refractivity contribution in [2.45, 2.75) is 19.5 Å². The van der Waals surface area contributed by atoms with E-state index in [2.05, 4.69) is 27.3 Å². The van der Waals surface area contributed by atoms with Gasteiger partial charge in [-0.15, -0.1) is 11.3 Å². The van der Waals surface area contributed by atoms with Crippen molar-refractivity contribution in [3.05, 3.63) is 56.2 Å². The molecule has 1 aromatic heterocycles. The minimum absolute atomic E-state index is 0.106. The molecule has 0 spiro atoms. The van der Waals surface area contributed by atoms with Crippen LogP contribution in [0.25, 0.3) is 0 Å². The maximum Gasteiger partial charge on any atom is 0.308 e. The molecular weight excluding hydrogens is 326 g/mol. The van der Waals surface area contributed by atoms with Gasteiger partial charge in [-0.2, -0.15) is 0 Å². The number of hydrogen-bond acceptors (Lipinski definition) is 3. The van der Waals surface area contributed by atoms with E-state index < -0.39 is 5.97 Å². The lowest BCUT2D eigenvalue weighted by Crippen LogP contribution is -2.12. The highest BCUT2D eigenvalue weighted by atomic mass is 79.9. The summed E-state index contributed by atoms with van der Waals surface area (Å²) in [6, 6.07) is 12.0. The predicted octanol–water partition coefficient (Wildman–Crippen LogP) is 3.43. The molecule has 0 saturated heterocycles. The fourth-order valence-electron chi connectivity index (χ4n) is 1.72. The molecule has 3 nitrogen and oxygen atoms in total. The van der Waals surface area contributed by atoms with Crippen LogP contribution in [-0.2, 0) is 24.3 Å². The van der Waals surface area contributed by atoms with Gasteiger partial charge < -0.3 is 10.4 Å². The molecular formula is C14H14BrNO2S. The first-order valence-corrected chi connectivity index (χ1v) is 7.49. The van der Waals surface area contributed by atoms with Crippen LogP contribution in [0.4, 0.5) is 0 Å². The molecule has 0 aliphatic heterocycles. The summed E-state index contributed by atoms with van der Waals surface area (Å²) < 4.78 is 1.10. The second kappa shape index (κ2) is 6.84. The minimum atomic E-state index is -0.783. The Balaban J connectivity index is 1.84. The SMILES string of the molecule is O=C(O)Cc1ccc(CNCc2ccccc2Br)s1. The number of benzene rings is 1. The lowest BCUT2D eigenvalue weighted by atomic mass is 10.2. The highest BCUT2D eigenvalue weighted by Crippen LogP contribution is 2.18. The molecule has 0 amide bonds. The number of carbonyl (C=O) groups is 1. The van der Waals surface area contributed by atoms with Crippen molar-refractivity contribution in [2.75, 3.05) is 0 Å². The van der Waals surface area contributed by atoms with Gasteiger partial charge in [0.05, 0.1) is 6.42 Å². The third-order valence-corrected chi connectivity index (χ3v) is 4.47. The van der Waals surface area contributed by atoms with Crippen molar-refractivity contribution in [1.82, 2.24) is 5.32 Å². The molecule has 2 aromatic rings. The Morgan fingerprint density at radius 2 is 1.89 bits per heavy atom. The summed E-state index contributed by atoms with van der Waals surface area (Å²) in [5.41, 5.74) is 1.21. The predicted molar refractivity (Wildman–Crippen MR) is 80.3 cm³/mol. The minimum Gasteiger partial charge on any atom is -0.481 e. The second-order valence-electron chi connectivity index (χ2n) is 4.13. The molecule has 0 atom stereocenters. The van der Waals surface area contributed by atoms with Crippen LogP contribution in [0.2, 0.25) is 0 Å². The maximum absolute atomic E-state index is 10.6. The summed E-state index contributed by atoms with van der Waals surface area (Å²) >= 11 is 5.06. The molecule has 0 saturated carbocycles. The Morgan fingerprint density at radius 1 is 1.16 bits per heavy atom. The van der Waals surface area contributed by atoms with Gasteiger partial charge >= 0.3 is 5.97 Å². The molecule has 1 heterocycles. The highest BCUT2D eigenvalue weighted by molar-refractivity contribution is 9.10. The average Bonchev–Trinajstić information content (AvgIpc) is 2.78. The quantitative estimate of drug-likeness (QED) is 0.847. The molecule has 0 unspecified atom stereocenters. The van der Waals surface area contributed by atoms with Crippen molar-refractivity contribution in [3.63, 3.8) is 0 Å². The van der Waals surface area contributed by atoms with Crippen LogP contribution in [-0.4, -0.2) is 11.1 Å². The summed E-state index contributed by atoms with van der Waals surface area (Å²) in [6.07, 6.45) is 0.106. The summed E-state index contributed by atoms with van der Waals surface area (Å²) in [7, 11) is 0. The van der Waals surface area contributed by atoms with E-state index in [9.17, 15) is 4.79 Å². The topological polar surface area (TPSA) is 49.3 Å². The van der Waals surface area contributed by atoms with E-state index in [1.807, 2.05) is 30.3 Å². The first-order valence-electron chi connectivity index (χ1n) is 5.88. The van der Waals surface area contributed by atoms with Crippen LogP contribution in [0.3, 0.4) is 0 Å². The Labute approximate surface area is 124 Å². The van der Waals surface area contributed by atoms with Crippen LogP contribution in [0.1, 0.15) is 15.3 Å². The van der Waals surface area contributed by atoms with E-state index in [1.54, 1.807) is 11.3 Å². The first-order chi connectivity index (χ1) is 9.15. The zero-order valence-electron chi connectivity index (χ0n) is 10.2. The van der Waals surface area contributed by atoms with Crippen molar-refractivity contribution >= 4 is 33.2 Å². The van der Waals surface area contributed by atoms with Gasteiger partial charge in [0, 0.05) is 27.3 Å². The highest BCUT2D eigenvalue weighted by Gasteiger charge is 2.04. The number of rotatable bonds is 6. The molecule has 1 aromatic carbocycles. The Bertz CT molecular complexity index is 568. The molecule has 0 aliphatic rings. The monoisotopic (exact) mass is 339 g/mol. The van der Waals surface area contributed by atoms with Gasteiger partial charge in [-0.25, -0.2) is 0 Å². The van der Waals surface area contributed by atoms with Crippen molar-refractivity contribution in [3.8, 4) is 0 Å². The van der Waals surface area contributed by atoms with E-state index in [-0.39, 0.29) is 6.42 Å². The van der Waals surface area contributed by atoms with Crippen LogP contribution < -0.4 is 5.32 Å². The third kappa shape index (κ3) is 4.45. The summed E-state index contributed by atoms with van der Waals surface area (Å²) in [5, 5.41) is 12.1. The Hall–Kier alpha value is -1.17. The molecule has 0 bridgehead atoms. The molecule has 2 N–H and O–H groups in total. The number of hydrogen-bond donors (Lipinski definition) is 2. The number of nitrogens with one attached hydrogen (secondary N) is 1. The van der Waals surface area contributed by atoms with Gasteiger partial charge in [0.1, 0.15) is 0 Å². The largest absolute Gasteiger partial charge is 0.481 e. The summed E-state index contributed by atoms with van der Waals surface area (Å²) in [5.74, 6) is -0.783. The molecule has 0 aliphatic carbocycles. The molecule has 0 radical (unpaired) electrons. The molecule has 0 fully saturated rings. The van der Waals surface area contributed by atoms with E-state index in [1.165, 1.54) is 5.56 Å². The van der Waals surface area contributed by atoms with Gasteiger partial charge in [0.2, 0.25) is 0 Å². The number of halogens is 1. The van der Waals surface area contributed by atoms with Crippen molar-refractivity contribution < 1.29 is 9.90 Å². The smallest absolute Gasteiger partial charge is 0.308 e. The standard InChI is InChI=1S/C14H14BrNO2S/c15-13-4-2-1-3-10(13)8-16-9-12-6-5-11(19-12)7-14(17)18/h1-6,16H,7-9H2,(H,17,18). The zero-order chi connectivity index (χ0) is 13.7. The lowest BCUT2D eigenvalue weighted by Gasteiger charge is -2.05. The van der Waals surface area contributed by atoms with Crippen LogP contribution in [0.5, 0.6) is 0 Å². The summed E-state index contributed by atoms with van der Waals surface area (Å²) in [6.45, 7) is 1.54. The van der Waals surface area contributed by atoms with E-state index >= 15 is 0 Å². The number of carboxylic acids is 1. The van der Waals surface area contributed by atoms with E-state index in [0.29, 0.717) is 0 Å². The summed E-state index contributed by atoms with van der Waals surface area (Å²) in [4.78, 5) is 12.6. The first kappa shape index (κ1) is 14.2. The van der Waals surface area contributed by atoms with Crippen molar-refractivity contribution in [1.29, 1.82) is 0 Å². The Morgan fingerprint density at radius 3 is 2.63 bits per heavy atom. The lowest BCUT2D eigenvalue weighted by molar-refractivity contribution is -0.136. The van der Waals surface area contributed by atoms with Crippen LogP contribution in [0.15, 0.2) is 40.9 Å². The van der Waals surface area contributed by atoms with Gasteiger partial charge in [-0.1, -0.05) is 34.1 Å². The molecule has 5 heteroatoms. The number of aliphatic carboxylic acids is 1. The van der Waals surface area contributed by atoms with Gasteiger partial charge in [0.25, 0.3) is 0 Å². The van der Waals surface area contributed by atoms with E-state index in [0.717, 1.165) is 27.3 Å². The number of carboxylic acid groups (broad SMARTS) is 1. The fourth-order valence-corrected chi connectivity index (χ4v) is 3.13. The Kier molecular flexibility index (Phi) is 5.13. The van der Waals surface area contributed by atoms with Crippen molar-refractivity contribution in [2.24, 2.45) is 0 Å².